The molecule has 160 valence electrons. The molecule has 0 unspecified atom stereocenters. The summed E-state index contributed by atoms with van der Waals surface area (Å²) in [7, 11) is 0. The molecule has 8 heteroatoms. The Morgan fingerprint density at radius 2 is 1.80 bits per heavy atom. The van der Waals surface area contributed by atoms with E-state index in [0.29, 0.717) is 10.8 Å². The van der Waals surface area contributed by atoms with Crippen LogP contribution in [0.2, 0.25) is 0 Å². The fourth-order valence-corrected chi connectivity index (χ4v) is 4.08. The van der Waals surface area contributed by atoms with E-state index in [9.17, 15) is 14.4 Å². The maximum Gasteiger partial charge on any atom is 0.240 e. The average molecular weight is 429 g/mol. The van der Waals surface area contributed by atoms with Gasteiger partial charge in [0.25, 0.3) is 0 Å². The van der Waals surface area contributed by atoms with E-state index in [1.165, 1.54) is 22.7 Å². The zero-order valence-electron chi connectivity index (χ0n) is 17.2. The molecular weight excluding hydrogens is 400 g/mol. The summed E-state index contributed by atoms with van der Waals surface area (Å²) in [4.78, 5) is 43.1. The molecule has 7 nitrogen and oxygen atoms in total. The van der Waals surface area contributed by atoms with Crippen molar-refractivity contribution in [1.82, 2.24) is 10.3 Å². The van der Waals surface area contributed by atoms with E-state index in [4.69, 9.17) is 0 Å². The minimum absolute atomic E-state index is 0.0157. The van der Waals surface area contributed by atoms with E-state index >= 15 is 0 Å². The molecule has 1 saturated carbocycles. The van der Waals surface area contributed by atoms with Gasteiger partial charge in [0.05, 0.1) is 0 Å². The van der Waals surface area contributed by atoms with Gasteiger partial charge in [0.1, 0.15) is 6.54 Å². The monoisotopic (exact) mass is 428 g/mol. The lowest BCUT2D eigenvalue weighted by Crippen LogP contribution is -2.45. The Bertz CT molecular complexity index is 846. The zero-order valence-corrected chi connectivity index (χ0v) is 18.0. The number of benzene rings is 1. The number of aryl methyl sites for hydroxylation is 1. The number of nitrogens with zero attached hydrogens (tertiary/aromatic N) is 2. The maximum atomic E-state index is 12.9. The van der Waals surface area contributed by atoms with Gasteiger partial charge in [-0.2, -0.15) is 0 Å². The van der Waals surface area contributed by atoms with Crippen molar-refractivity contribution in [1.29, 1.82) is 0 Å². The largest absolute Gasteiger partial charge is 0.352 e. The molecule has 3 amide bonds. The Morgan fingerprint density at radius 1 is 1.07 bits per heavy atom. The average Bonchev–Trinajstić information content (AvgIpc) is 3.25. The zero-order chi connectivity index (χ0) is 21.3. The van der Waals surface area contributed by atoms with Crippen LogP contribution in [0.25, 0.3) is 0 Å². The van der Waals surface area contributed by atoms with Gasteiger partial charge in [-0.15, -0.1) is 11.3 Å². The van der Waals surface area contributed by atoms with Crippen LogP contribution in [0.5, 0.6) is 0 Å². The summed E-state index contributed by atoms with van der Waals surface area (Å²) < 4.78 is 0. The van der Waals surface area contributed by atoms with Crippen molar-refractivity contribution < 1.29 is 14.4 Å². The van der Waals surface area contributed by atoms with E-state index in [0.717, 1.165) is 31.2 Å². The van der Waals surface area contributed by atoms with Gasteiger partial charge < -0.3 is 15.5 Å². The SMILES string of the molecule is Cc1ccc(N(CC(=O)NC2CCCCC2)C(=O)CCC(=O)Nc2nccs2)cc1. The molecule has 0 spiro atoms. The Kier molecular flexibility index (Phi) is 7.96. The van der Waals surface area contributed by atoms with Gasteiger partial charge in [0.15, 0.2) is 5.13 Å². The standard InChI is InChI=1S/C22H28N4O3S/c1-16-7-9-18(10-8-16)26(15-20(28)24-17-5-3-2-4-6-17)21(29)12-11-19(27)25-22-23-13-14-30-22/h7-10,13-14,17H,2-6,11-12,15H2,1H3,(H,24,28)(H,23,25,27). The number of hydrogen-bond acceptors (Lipinski definition) is 5. The summed E-state index contributed by atoms with van der Waals surface area (Å²) in [5.41, 5.74) is 1.73. The number of hydrogen-bond donors (Lipinski definition) is 2. The third-order valence-electron chi connectivity index (χ3n) is 5.16. The first kappa shape index (κ1) is 22.0. The Morgan fingerprint density at radius 3 is 2.47 bits per heavy atom. The summed E-state index contributed by atoms with van der Waals surface area (Å²) in [5, 5.41) is 8.02. The van der Waals surface area contributed by atoms with Gasteiger partial charge >= 0.3 is 0 Å². The number of rotatable bonds is 8. The smallest absolute Gasteiger partial charge is 0.240 e. The van der Waals surface area contributed by atoms with Crippen LogP contribution in [0, 0.1) is 6.92 Å². The highest BCUT2D eigenvalue weighted by Gasteiger charge is 2.22. The second-order valence-electron chi connectivity index (χ2n) is 7.60. The second kappa shape index (κ2) is 10.9. The number of aromatic nitrogens is 1. The Labute approximate surface area is 180 Å². The molecule has 30 heavy (non-hydrogen) atoms. The second-order valence-corrected chi connectivity index (χ2v) is 8.50. The van der Waals surface area contributed by atoms with Gasteiger partial charge in [0.2, 0.25) is 17.7 Å². The van der Waals surface area contributed by atoms with Crippen molar-refractivity contribution in [2.45, 2.75) is 57.9 Å². The lowest BCUT2D eigenvalue weighted by molar-refractivity contribution is -0.125. The Hall–Kier alpha value is -2.74. The summed E-state index contributed by atoms with van der Waals surface area (Å²) in [6.45, 7) is 1.92. The van der Waals surface area contributed by atoms with Gasteiger partial charge in [-0.05, 0) is 31.9 Å². The molecule has 1 aliphatic carbocycles. The van der Waals surface area contributed by atoms with Crippen LogP contribution in [0.4, 0.5) is 10.8 Å². The van der Waals surface area contributed by atoms with E-state index in [1.807, 2.05) is 31.2 Å². The minimum Gasteiger partial charge on any atom is -0.352 e. The molecule has 1 aromatic heterocycles. The highest BCUT2D eigenvalue weighted by Crippen LogP contribution is 2.19. The predicted octanol–water partition coefficient (Wildman–Crippen LogP) is 3.65. The van der Waals surface area contributed by atoms with Crippen molar-refractivity contribution in [2.24, 2.45) is 0 Å². The van der Waals surface area contributed by atoms with Crippen molar-refractivity contribution in [3.63, 3.8) is 0 Å². The number of thiazole rings is 1. The predicted molar refractivity (Wildman–Crippen MR) is 119 cm³/mol. The fourth-order valence-electron chi connectivity index (χ4n) is 3.53. The first-order valence-corrected chi connectivity index (χ1v) is 11.2. The number of nitrogens with one attached hydrogen (secondary N) is 2. The summed E-state index contributed by atoms with van der Waals surface area (Å²) in [6.07, 6.45) is 7.09. The fraction of sp³-hybridized carbons (Fsp3) is 0.455. The van der Waals surface area contributed by atoms with E-state index < -0.39 is 0 Å². The third-order valence-corrected chi connectivity index (χ3v) is 5.85. The first-order valence-electron chi connectivity index (χ1n) is 10.4. The van der Waals surface area contributed by atoms with E-state index in [1.54, 1.807) is 11.6 Å². The molecule has 0 atom stereocenters. The van der Waals surface area contributed by atoms with E-state index in [-0.39, 0.29) is 43.1 Å². The molecule has 1 fully saturated rings. The molecule has 1 heterocycles. The molecule has 2 N–H and O–H groups in total. The normalized spacial score (nSPS) is 14.2. The van der Waals surface area contributed by atoms with Crippen molar-refractivity contribution >= 4 is 39.9 Å². The van der Waals surface area contributed by atoms with Crippen LogP contribution in [-0.2, 0) is 14.4 Å². The van der Waals surface area contributed by atoms with E-state index in [2.05, 4.69) is 15.6 Å². The number of carbonyl (C=O) groups is 3. The molecule has 0 bridgehead atoms. The highest BCUT2D eigenvalue weighted by molar-refractivity contribution is 7.13. The molecule has 1 aromatic carbocycles. The number of amides is 3. The van der Waals surface area contributed by atoms with Crippen LogP contribution >= 0.6 is 11.3 Å². The van der Waals surface area contributed by atoms with Crippen LogP contribution in [0.15, 0.2) is 35.8 Å². The molecule has 2 aromatic rings. The Balaban J connectivity index is 1.60. The van der Waals surface area contributed by atoms with Crippen molar-refractivity contribution in [3.05, 3.63) is 41.4 Å². The van der Waals surface area contributed by atoms with Crippen molar-refractivity contribution in [3.8, 4) is 0 Å². The number of carbonyl (C=O) groups excluding carboxylic acids is 3. The quantitative estimate of drug-likeness (QED) is 0.671. The molecule has 3 rings (SSSR count). The van der Waals surface area contributed by atoms with Gasteiger partial charge in [-0.1, -0.05) is 37.0 Å². The van der Waals surface area contributed by atoms with Crippen molar-refractivity contribution in [2.75, 3.05) is 16.8 Å². The van der Waals surface area contributed by atoms with Crippen LogP contribution in [0.3, 0.4) is 0 Å². The minimum atomic E-state index is -0.270. The molecular formula is C22H28N4O3S. The highest BCUT2D eigenvalue weighted by atomic mass is 32.1. The number of anilines is 2. The molecule has 0 saturated heterocycles. The maximum absolute atomic E-state index is 12.9. The third kappa shape index (κ3) is 6.66. The van der Waals surface area contributed by atoms with Gasteiger partial charge in [0, 0.05) is 36.1 Å². The molecule has 0 aliphatic heterocycles. The summed E-state index contributed by atoms with van der Waals surface area (Å²) in [6, 6.07) is 7.66. The topological polar surface area (TPSA) is 91.4 Å². The van der Waals surface area contributed by atoms with Crippen LogP contribution in [0.1, 0.15) is 50.5 Å². The van der Waals surface area contributed by atoms with Gasteiger partial charge in [-0.25, -0.2) is 4.98 Å². The summed E-state index contributed by atoms with van der Waals surface area (Å²) in [5.74, 6) is -0.691. The van der Waals surface area contributed by atoms with Crippen LogP contribution in [-0.4, -0.2) is 35.3 Å². The lowest BCUT2D eigenvalue weighted by Gasteiger charge is -2.26. The first-order chi connectivity index (χ1) is 14.5. The van der Waals surface area contributed by atoms with Gasteiger partial charge in [-0.3, -0.25) is 14.4 Å². The van der Waals surface area contributed by atoms with Crippen LogP contribution < -0.4 is 15.5 Å². The molecule has 0 radical (unpaired) electrons. The summed E-state index contributed by atoms with van der Waals surface area (Å²) >= 11 is 1.32. The molecule has 1 aliphatic rings. The lowest BCUT2D eigenvalue weighted by atomic mass is 9.95.